The van der Waals surface area contributed by atoms with Crippen molar-refractivity contribution < 1.29 is 19.5 Å². The van der Waals surface area contributed by atoms with E-state index in [1.807, 2.05) is 0 Å². The summed E-state index contributed by atoms with van der Waals surface area (Å²) < 4.78 is 0. The van der Waals surface area contributed by atoms with Gasteiger partial charge in [0.1, 0.15) is 4.88 Å². The lowest BCUT2D eigenvalue weighted by molar-refractivity contribution is -0.114. The number of nitrogens with zero attached hydrogens (tertiary/aromatic N) is 1. The first-order valence-corrected chi connectivity index (χ1v) is 5.02. The van der Waals surface area contributed by atoms with Gasteiger partial charge in [0, 0.05) is 6.92 Å². The Labute approximate surface area is 96.1 Å². The standard InChI is InChI=1S/C8H7BN2O4S/c1-3(12)10-8-11-5(7(14)15)6(16-8)4(13)2-9/h2H2,1H3,(H,14,15)(H,10,11,12). The molecule has 0 fully saturated rings. The van der Waals surface area contributed by atoms with Crippen molar-refractivity contribution in [3.63, 3.8) is 0 Å². The zero-order chi connectivity index (χ0) is 12.3. The molecule has 16 heavy (non-hydrogen) atoms. The van der Waals surface area contributed by atoms with Gasteiger partial charge in [0.05, 0.1) is 7.85 Å². The predicted molar refractivity (Wildman–Crippen MR) is 58.3 cm³/mol. The number of carboxylic acid groups (broad SMARTS) is 1. The third-order valence-electron chi connectivity index (χ3n) is 1.55. The minimum atomic E-state index is -1.33. The molecule has 0 aliphatic rings. The minimum Gasteiger partial charge on any atom is -0.476 e. The molecule has 0 bridgehead atoms. The number of anilines is 1. The Morgan fingerprint density at radius 1 is 1.50 bits per heavy atom. The fourth-order valence-electron chi connectivity index (χ4n) is 0.951. The van der Waals surface area contributed by atoms with Crippen molar-refractivity contribution in [2.75, 3.05) is 5.32 Å². The molecule has 1 aromatic heterocycles. The number of carboxylic acids is 1. The van der Waals surface area contributed by atoms with E-state index in [1.54, 1.807) is 0 Å². The molecular formula is C8H7BN2O4S. The van der Waals surface area contributed by atoms with Gasteiger partial charge in [-0.2, -0.15) is 0 Å². The number of carbonyl (C=O) groups is 3. The van der Waals surface area contributed by atoms with Crippen LogP contribution >= 0.6 is 11.3 Å². The molecule has 0 unspecified atom stereocenters. The van der Waals surface area contributed by atoms with Gasteiger partial charge in [-0.1, -0.05) is 11.3 Å². The highest BCUT2D eigenvalue weighted by Crippen LogP contribution is 2.24. The van der Waals surface area contributed by atoms with E-state index < -0.39 is 17.7 Å². The van der Waals surface area contributed by atoms with E-state index in [1.165, 1.54) is 6.92 Å². The Bertz CT molecular complexity index is 457. The lowest BCUT2D eigenvalue weighted by Gasteiger charge is -1.92. The van der Waals surface area contributed by atoms with Crippen LogP contribution in [0, 0.1) is 0 Å². The predicted octanol–water partition coefficient (Wildman–Crippen LogP) is 0.569. The first-order valence-electron chi connectivity index (χ1n) is 4.20. The van der Waals surface area contributed by atoms with Crippen molar-refractivity contribution in [3.8, 4) is 0 Å². The van der Waals surface area contributed by atoms with Crippen LogP contribution in [0.2, 0.25) is 6.32 Å². The highest BCUT2D eigenvalue weighted by molar-refractivity contribution is 7.18. The van der Waals surface area contributed by atoms with Crippen molar-refractivity contribution in [3.05, 3.63) is 10.6 Å². The summed E-state index contributed by atoms with van der Waals surface area (Å²) in [5.74, 6) is -2.24. The van der Waals surface area contributed by atoms with Crippen LogP contribution in [-0.2, 0) is 4.79 Å². The summed E-state index contributed by atoms with van der Waals surface area (Å²) in [7, 11) is 5.13. The number of aromatic carboxylic acids is 1. The number of ketones is 1. The summed E-state index contributed by atoms with van der Waals surface area (Å²) in [5, 5.41) is 11.2. The Hall–Kier alpha value is -1.70. The zero-order valence-electron chi connectivity index (χ0n) is 8.31. The summed E-state index contributed by atoms with van der Waals surface area (Å²) in [6, 6.07) is 0. The van der Waals surface area contributed by atoms with Crippen molar-refractivity contribution >= 4 is 42.0 Å². The number of nitrogens with one attached hydrogen (secondary N) is 1. The molecule has 2 N–H and O–H groups in total. The number of hydrogen-bond acceptors (Lipinski definition) is 5. The van der Waals surface area contributed by atoms with Gasteiger partial charge in [-0.15, -0.1) is 0 Å². The molecule has 1 aromatic rings. The lowest BCUT2D eigenvalue weighted by Crippen LogP contribution is -2.07. The topological polar surface area (TPSA) is 96.4 Å². The third-order valence-corrected chi connectivity index (χ3v) is 2.56. The Balaban J connectivity index is 3.14. The Morgan fingerprint density at radius 3 is 2.56 bits per heavy atom. The van der Waals surface area contributed by atoms with Crippen LogP contribution in [0.15, 0.2) is 0 Å². The van der Waals surface area contributed by atoms with E-state index >= 15 is 0 Å². The van der Waals surface area contributed by atoms with Gasteiger partial charge in [-0.3, -0.25) is 9.59 Å². The second kappa shape index (κ2) is 4.89. The number of rotatable bonds is 4. The van der Waals surface area contributed by atoms with Crippen LogP contribution in [-0.4, -0.2) is 35.6 Å². The molecule has 0 aliphatic carbocycles. The summed E-state index contributed by atoms with van der Waals surface area (Å²) in [6.07, 6.45) is -0.304. The van der Waals surface area contributed by atoms with E-state index in [0.29, 0.717) is 0 Å². The Morgan fingerprint density at radius 2 is 2.12 bits per heavy atom. The lowest BCUT2D eigenvalue weighted by atomic mass is 9.99. The van der Waals surface area contributed by atoms with Crippen LogP contribution in [0.4, 0.5) is 5.13 Å². The fourth-order valence-corrected chi connectivity index (χ4v) is 1.90. The van der Waals surface area contributed by atoms with Crippen molar-refractivity contribution in [2.45, 2.75) is 13.2 Å². The molecule has 0 saturated carbocycles. The number of thiazole rings is 1. The van der Waals surface area contributed by atoms with Crippen molar-refractivity contribution in [1.29, 1.82) is 0 Å². The van der Waals surface area contributed by atoms with Gasteiger partial charge in [0.2, 0.25) is 5.91 Å². The van der Waals surface area contributed by atoms with Gasteiger partial charge in [-0.05, 0) is 6.32 Å². The summed E-state index contributed by atoms with van der Waals surface area (Å²) in [6.45, 7) is 1.26. The second-order valence-corrected chi connectivity index (χ2v) is 3.81. The SMILES string of the molecule is [B]CC(=O)c1sc(NC(C)=O)nc1C(=O)O. The average Bonchev–Trinajstić information content (AvgIpc) is 2.59. The number of hydrogen-bond donors (Lipinski definition) is 2. The molecule has 0 aromatic carbocycles. The molecule has 0 spiro atoms. The van der Waals surface area contributed by atoms with E-state index in [-0.39, 0.29) is 22.0 Å². The first kappa shape index (κ1) is 12.4. The van der Waals surface area contributed by atoms with E-state index in [2.05, 4.69) is 10.3 Å². The van der Waals surface area contributed by atoms with Crippen molar-refractivity contribution in [1.82, 2.24) is 4.98 Å². The van der Waals surface area contributed by atoms with E-state index in [4.69, 9.17) is 13.0 Å². The molecule has 1 heterocycles. The summed E-state index contributed by atoms with van der Waals surface area (Å²) in [4.78, 5) is 36.4. The molecule has 0 saturated heterocycles. The number of aromatic nitrogens is 1. The van der Waals surface area contributed by atoms with Crippen LogP contribution in [0.25, 0.3) is 0 Å². The maximum atomic E-state index is 11.3. The van der Waals surface area contributed by atoms with Crippen LogP contribution in [0.5, 0.6) is 0 Å². The summed E-state index contributed by atoms with van der Waals surface area (Å²) in [5.41, 5.74) is -0.385. The van der Waals surface area contributed by atoms with E-state index in [0.717, 1.165) is 11.3 Å². The highest BCUT2D eigenvalue weighted by Gasteiger charge is 2.21. The number of Topliss-reactive ketones (excluding diaryl/α,β-unsaturated/α-hetero) is 1. The molecule has 1 amide bonds. The van der Waals surface area contributed by atoms with Crippen LogP contribution < -0.4 is 5.32 Å². The van der Waals surface area contributed by atoms with Gasteiger partial charge in [0.25, 0.3) is 0 Å². The zero-order valence-corrected chi connectivity index (χ0v) is 9.13. The molecule has 6 nitrogen and oxygen atoms in total. The van der Waals surface area contributed by atoms with Gasteiger partial charge < -0.3 is 10.4 Å². The third kappa shape index (κ3) is 2.66. The number of carbonyl (C=O) groups excluding carboxylic acids is 2. The van der Waals surface area contributed by atoms with Crippen LogP contribution in [0.1, 0.15) is 27.1 Å². The first-order chi connectivity index (χ1) is 7.45. The number of amides is 1. The molecule has 2 radical (unpaired) electrons. The molecule has 8 heteroatoms. The van der Waals surface area contributed by atoms with Gasteiger partial charge in [-0.25, -0.2) is 9.78 Å². The smallest absolute Gasteiger partial charge is 0.356 e. The maximum Gasteiger partial charge on any atom is 0.356 e. The molecule has 1 rings (SSSR count). The monoisotopic (exact) mass is 238 g/mol. The van der Waals surface area contributed by atoms with Crippen LogP contribution in [0.3, 0.4) is 0 Å². The average molecular weight is 238 g/mol. The minimum absolute atomic E-state index is 0.0567. The highest BCUT2D eigenvalue weighted by atomic mass is 32.1. The van der Waals surface area contributed by atoms with Gasteiger partial charge >= 0.3 is 5.97 Å². The van der Waals surface area contributed by atoms with Crippen molar-refractivity contribution in [2.24, 2.45) is 0 Å². The van der Waals surface area contributed by atoms with Gasteiger partial charge in [0.15, 0.2) is 16.6 Å². The fraction of sp³-hybridized carbons (Fsp3) is 0.250. The molecular weight excluding hydrogens is 231 g/mol. The second-order valence-electron chi connectivity index (χ2n) is 2.81. The maximum absolute atomic E-state index is 11.3. The van der Waals surface area contributed by atoms with E-state index in [9.17, 15) is 14.4 Å². The molecule has 0 aliphatic heterocycles. The summed E-state index contributed by atoms with van der Waals surface area (Å²) >= 11 is 0.795. The molecule has 0 atom stereocenters. The molecule has 82 valence electrons. The normalized spacial score (nSPS) is 9.81. The largest absolute Gasteiger partial charge is 0.476 e. The Kier molecular flexibility index (Phi) is 3.78. The quantitative estimate of drug-likeness (QED) is 0.590.